The molecule has 0 saturated carbocycles. The van der Waals surface area contributed by atoms with Crippen LogP contribution < -0.4 is 4.90 Å². The van der Waals surface area contributed by atoms with Crippen molar-refractivity contribution in [2.75, 3.05) is 31.1 Å². The van der Waals surface area contributed by atoms with Crippen LogP contribution in [0.1, 0.15) is 17.1 Å². The first-order valence-corrected chi connectivity index (χ1v) is 7.80. The highest BCUT2D eigenvalue weighted by Gasteiger charge is 2.19. The van der Waals surface area contributed by atoms with Gasteiger partial charge in [0.25, 0.3) is 5.69 Å². The third-order valence-corrected chi connectivity index (χ3v) is 4.39. The molecule has 0 atom stereocenters. The van der Waals surface area contributed by atoms with Gasteiger partial charge in [-0.15, -0.1) is 0 Å². The Hall–Kier alpha value is -2.34. The lowest BCUT2D eigenvalue weighted by Crippen LogP contribution is -2.45. The first kappa shape index (κ1) is 15.6. The van der Waals surface area contributed by atoms with E-state index in [1.807, 2.05) is 19.1 Å². The molecule has 1 aromatic heterocycles. The van der Waals surface area contributed by atoms with Crippen LogP contribution >= 0.6 is 0 Å². The third kappa shape index (κ3) is 3.53. The zero-order valence-corrected chi connectivity index (χ0v) is 13.5. The molecular weight excluding hydrogens is 294 g/mol. The lowest BCUT2D eigenvalue weighted by Gasteiger charge is -2.35. The average Bonchev–Trinajstić information content (AvgIpc) is 2.86. The topological polar surface area (TPSA) is 62.8 Å². The standard InChI is InChI=1S/C17H21N3O3/c1-13-11-17(23-14(13)2)12-18-7-9-19(10-8-18)15-3-5-16(6-4-15)20(21)22/h3-6,11H,7-10,12H2,1-2H3. The van der Waals surface area contributed by atoms with Crippen molar-refractivity contribution < 1.29 is 9.34 Å². The molecule has 0 unspecified atom stereocenters. The van der Waals surface area contributed by atoms with Crippen molar-refractivity contribution in [2.45, 2.75) is 20.4 Å². The largest absolute Gasteiger partial charge is 0.465 e. The minimum Gasteiger partial charge on any atom is -0.465 e. The highest BCUT2D eigenvalue weighted by atomic mass is 16.6. The molecular formula is C17H21N3O3. The van der Waals surface area contributed by atoms with Gasteiger partial charge in [-0.3, -0.25) is 15.0 Å². The van der Waals surface area contributed by atoms with Crippen molar-refractivity contribution in [1.82, 2.24) is 4.90 Å². The molecule has 1 aliphatic heterocycles. The predicted octanol–water partition coefficient (Wildman–Crippen LogP) is 3.13. The van der Waals surface area contributed by atoms with Gasteiger partial charge in [-0.2, -0.15) is 0 Å². The Morgan fingerprint density at radius 2 is 1.78 bits per heavy atom. The Morgan fingerprint density at radius 1 is 1.13 bits per heavy atom. The molecule has 0 amide bonds. The minimum absolute atomic E-state index is 0.135. The van der Waals surface area contributed by atoms with Crippen LogP contribution in [0.25, 0.3) is 0 Å². The van der Waals surface area contributed by atoms with Gasteiger partial charge in [0.1, 0.15) is 11.5 Å². The average molecular weight is 315 g/mol. The quantitative estimate of drug-likeness (QED) is 0.641. The monoisotopic (exact) mass is 315 g/mol. The second-order valence-corrected chi connectivity index (χ2v) is 5.99. The number of nitrogens with zero attached hydrogens (tertiary/aromatic N) is 3. The van der Waals surface area contributed by atoms with E-state index in [9.17, 15) is 10.1 Å². The van der Waals surface area contributed by atoms with E-state index in [1.54, 1.807) is 12.1 Å². The Kier molecular flexibility index (Phi) is 4.34. The van der Waals surface area contributed by atoms with Gasteiger partial charge in [-0.25, -0.2) is 0 Å². The van der Waals surface area contributed by atoms with E-state index in [1.165, 1.54) is 5.56 Å². The van der Waals surface area contributed by atoms with Gasteiger partial charge >= 0.3 is 0 Å². The highest BCUT2D eigenvalue weighted by Crippen LogP contribution is 2.21. The molecule has 1 fully saturated rings. The molecule has 1 aliphatic rings. The molecule has 0 N–H and O–H groups in total. The van der Waals surface area contributed by atoms with Crippen LogP contribution in [0.15, 0.2) is 34.7 Å². The summed E-state index contributed by atoms with van der Waals surface area (Å²) in [6, 6.07) is 8.89. The van der Waals surface area contributed by atoms with Gasteiger partial charge in [0, 0.05) is 44.0 Å². The fraction of sp³-hybridized carbons (Fsp3) is 0.412. The number of rotatable bonds is 4. The SMILES string of the molecule is Cc1cc(CN2CCN(c3ccc([N+](=O)[O-])cc3)CC2)oc1C. The van der Waals surface area contributed by atoms with Crippen LogP contribution in [-0.4, -0.2) is 36.0 Å². The lowest BCUT2D eigenvalue weighted by atomic mass is 10.2. The first-order chi connectivity index (χ1) is 11.0. The zero-order chi connectivity index (χ0) is 16.4. The number of furan rings is 1. The maximum Gasteiger partial charge on any atom is 0.269 e. The fourth-order valence-electron chi connectivity index (χ4n) is 2.90. The third-order valence-electron chi connectivity index (χ3n) is 4.39. The lowest BCUT2D eigenvalue weighted by molar-refractivity contribution is -0.384. The zero-order valence-electron chi connectivity index (χ0n) is 13.5. The van der Waals surface area contributed by atoms with E-state index < -0.39 is 0 Å². The van der Waals surface area contributed by atoms with Gasteiger partial charge in [-0.1, -0.05) is 0 Å². The second kappa shape index (κ2) is 6.42. The number of hydrogen-bond acceptors (Lipinski definition) is 5. The molecule has 0 spiro atoms. The maximum atomic E-state index is 10.7. The molecule has 2 aromatic rings. The highest BCUT2D eigenvalue weighted by molar-refractivity contribution is 5.51. The minimum atomic E-state index is -0.366. The summed E-state index contributed by atoms with van der Waals surface area (Å²) in [5, 5.41) is 10.7. The van der Waals surface area contributed by atoms with Gasteiger partial charge in [0.05, 0.1) is 11.5 Å². The summed E-state index contributed by atoms with van der Waals surface area (Å²) in [4.78, 5) is 15.0. The van der Waals surface area contributed by atoms with Crippen LogP contribution in [0, 0.1) is 24.0 Å². The van der Waals surface area contributed by atoms with E-state index in [2.05, 4.69) is 22.8 Å². The van der Waals surface area contributed by atoms with Crippen LogP contribution in [0.2, 0.25) is 0 Å². The summed E-state index contributed by atoms with van der Waals surface area (Å²) in [6.07, 6.45) is 0. The van der Waals surface area contributed by atoms with Crippen molar-refractivity contribution in [2.24, 2.45) is 0 Å². The van der Waals surface area contributed by atoms with Gasteiger partial charge in [0.15, 0.2) is 0 Å². The molecule has 6 nitrogen and oxygen atoms in total. The fourth-order valence-corrected chi connectivity index (χ4v) is 2.90. The summed E-state index contributed by atoms with van der Waals surface area (Å²) in [5.41, 5.74) is 2.38. The number of nitro groups is 1. The summed E-state index contributed by atoms with van der Waals surface area (Å²) in [5.74, 6) is 2.01. The Morgan fingerprint density at radius 3 is 2.30 bits per heavy atom. The number of piperazine rings is 1. The van der Waals surface area contributed by atoms with Crippen molar-refractivity contribution >= 4 is 11.4 Å². The van der Waals surface area contributed by atoms with Crippen molar-refractivity contribution in [3.63, 3.8) is 0 Å². The molecule has 1 saturated heterocycles. The molecule has 1 aromatic carbocycles. The Balaban J connectivity index is 1.56. The predicted molar refractivity (Wildman–Crippen MR) is 88.8 cm³/mol. The van der Waals surface area contributed by atoms with E-state index >= 15 is 0 Å². The van der Waals surface area contributed by atoms with Crippen LogP contribution in [-0.2, 0) is 6.54 Å². The summed E-state index contributed by atoms with van der Waals surface area (Å²) >= 11 is 0. The van der Waals surface area contributed by atoms with E-state index in [4.69, 9.17) is 4.42 Å². The van der Waals surface area contributed by atoms with Crippen molar-refractivity contribution in [3.8, 4) is 0 Å². The first-order valence-electron chi connectivity index (χ1n) is 7.80. The number of hydrogen-bond donors (Lipinski definition) is 0. The molecule has 0 aliphatic carbocycles. The molecule has 6 heteroatoms. The molecule has 23 heavy (non-hydrogen) atoms. The molecule has 0 bridgehead atoms. The summed E-state index contributed by atoms with van der Waals surface area (Å²) in [7, 11) is 0. The molecule has 3 rings (SSSR count). The normalized spacial score (nSPS) is 15.8. The van der Waals surface area contributed by atoms with Crippen molar-refractivity contribution in [1.29, 1.82) is 0 Å². The van der Waals surface area contributed by atoms with E-state index in [0.717, 1.165) is 49.9 Å². The van der Waals surface area contributed by atoms with Gasteiger partial charge < -0.3 is 9.32 Å². The van der Waals surface area contributed by atoms with Crippen LogP contribution in [0.5, 0.6) is 0 Å². The van der Waals surface area contributed by atoms with E-state index in [-0.39, 0.29) is 10.6 Å². The molecule has 122 valence electrons. The number of anilines is 1. The van der Waals surface area contributed by atoms with Crippen LogP contribution in [0.3, 0.4) is 0 Å². The van der Waals surface area contributed by atoms with Crippen LogP contribution in [0.4, 0.5) is 11.4 Å². The van der Waals surface area contributed by atoms with E-state index in [0.29, 0.717) is 0 Å². The summed E-state index contributed by atoms with van der Waals surface area (Å²) < 4.78 is 5.74. The second-order valence-electron chi connectivity index (χ2n) is 5.99. The van der Waals surface area contributed by atoms with Gasteiger partial charge in [-0.05, 0) is 37.6 Å². The Labute approximate surface area is 135 Å². The number of benzene rings is 1. The number of aryl methyl sites for hydroxylation is 2. The number of nitro benzene ring substituents is 1. The Bertz CT molecular complexity index is 666. The van der Waals surface area contributed by atoms with Crippen molar-refractivity contribution in [3.05, 3.63) is 57.5 Å². The molecule has 2 heterocycles. The molecule has 0 radical (unpaired) electrons. The smallest absolute Gasteiger partial charge is 0.269 e. The summed E-state index contributed by atoms with van der Waals surface area (Å²) in [6.45, 7) is 8.63. The van der Waals surface area contributed by atoms with Gasteiger partial charge in [0.2, 0.25) is 0 Å². The maximum absolute atomic E-state index is 10.7. The number of non-ortho nitro benzene ring substituents is 1.